The predicted octanol–water partition coefficient (Wildman–Crippen LogP) is 10.6. The Bertz CT molecular complexity index is 2430. The van der Waals surface area contributed by atoms with Crippen LogP contribution in [0.25, 0.3) is 44.3 Å². The highest BCUT2D eigenvalue weighted by atomic mass is 35.5. The maximum atomic E-state index is 8.25. The van der Waals surface area contributed by atoms with Crippen molar-refractivity contribution in [2.75, 3.05) is 41.0 Å². The fourth-order valence-electron chi connectivity index (χ4n) is 5.74. The van der Waals surface area contributed by atoms with E-state index in [9.17, 15) is 0 Å². The third kappa shape index (κ3) is 9.69. The van der Waals surface area contributed by atoms with E-state index in [1.54, 1.807) is 38.6 Å². The van der Waals surface area contributed by atoms with Gasteiger partial charge in [-0.2, -0.15) is 0 Å². The normalized spacial score (nSPS) is 13.3. The van der Waals surface area contributed by atoms with Gasteiger partial charge in [-0.15, -0.1) is 0 Å². The van der Waals surface area contributed by atoms with Crippen molar-refractivity contribution in [2.45, 2.75) is 47.7 Å². The Kier molecular flexibility index (Phi) is 14.8. The van der Waals surface area contributed by atoms with Gasteiger partial charge in [0.1, 0.15) is 28.5 Å². The molecule has 0 radical (unpaired) electrons. The summed E-state index contributed by atoms with van der Waals surface area (Å²) in [4.78, 5) is 27.0. The summed E-state index contributed by atoms with van der Waals surface area (Å²) in [6.45, 7) is 0. The van der Waals surface area contributed by atoms with Gasteiger partial charge in [-0.05, 0) is 43.3 Å². The molecule has 2 saturated carbocycles. The molecule has 0 atom stereocenters. The fourth-order valence-corrected chi connectivity index (χ4v) is 8.05. The number of ether oxygens (including phenoxy) is 4. The van der Waals surface area contributed by atoms with Crippen LogP contribution in [0.1, 0.15) is 37.3 Å². The monoisotopic (exact) mass is 922 g/mol. The summed E-state index contributed by atoms with van der Waals surface area (Å²) in [5, 5.41) is 21.2. The zero-order valence-corrected chi connectivity index (χ0v) is 37.4. The highest BCUT2D eigenvalue weighted by molar-refractivity contribution is 7.98. The second kappa shape index (κ2) is 19.4. The van der Waals surface area contributed by atoms with Gasteiger partial charge in [-0.1, -0.05) is 94.4 Å². The molecule has 2 aliphatic rings. The summed E-state index contributed by atoms with van der Waals surface area (Å²) < 4.78 is 21.4. The van der Waals surface area contributed by atoms with Crippen molar-refractivity contribution < 1.29 is 29.0 Å². The maximum Gasteiger partial charge on any atom is 0.454 e. The molecule has 6 aromatic rings. The summed E-state index contributed by atoms with van der Waals surface area (Å²) >= 11 is 35.3. The lowest BCUT2D eigenvalue weighted by molar-refractivity contribution is 0.394. The van der Waals surface area contributed by atoms with Crippen LogP contribution in [0.5, 0.6) is 23.0 Å². The molecular weight excluding hydrogens is 889 g/mol. The van der Waals surface area contributed by atoms with Gasteiger partial charge in [0.15, 0.2) is 15.5 Å². The lowest BCUT2D eigenvalue weighted by Crippen LogP contribution is -2.09. The first kappa shape index (κ1) is 44.3. The minimum Gasteiger partial charge on any atom is -0.495 e. The summed E-state index contributed by atoms with van der Waals surface area (Å²) in [5.41, 5.74) is 4.62. The number of benzene rings is 2. The number of rotatable bonds is 10. The third-order valence-corrected chi connectivity index (χ3v) is 12.0. The first-order valence-corrected chi connectivity index (χ1v) is 21.9. The molecule has 0 unspecified atom stereocenters. The van der Waals surface area contributed by atoms with E-state index >= 15 is 0 Å². The Balaban J connectivity index is 0.000000171. The van der Waals surface area contributed by atoms with Crippen LogP contribution in [0.15, 0.2) is 47.0 Å². The summed E-state index contributed by atoms with van der Waals surface area (Å²) in [7, 11) is 5.09. The number of thioether (sulfide) groups is 2. The van der Waals surface area contributed by atoms with Gasteiger partial charge in [-0.3, -0.25) is 4.98 Å². The predicted molar refractivity (Wildman–Crippen MR) is 236 cm³/mol. The zero-order valence-electron chi connectivity index (χ0n) is 31.9. The largest absolute Gasteiger partial charge is 0.495 e. The molecule has 4 heterocycles. The molecule has 0 bridgehead atoms. The standard InChI is InChI=1S/C19H17Cl2N3O2S.C16H12Cl3N3O2S.C3H7BO2/c1-25-12-7-13(26-2)16(21)14(15(12)20)11-6-10-8-22-19(27-3)24-18(10)17(23-11)9-4-5-9;1-23-9-5-10(24-2)13(18)11(12(9)17)8-4-7-6-20-16(25-3)22-14(7)15(19)21-8;5-4(6)3-1-2-3/h6-9H,4-5H2,1-3H3;4-6H,1-3H3;3,5-6H,1-2H2. The topological polar surface area (TPSA) is 155 Å². The molecule has 20 heteroatoms. The molecule has 2 aliphatic carbocycles. The Labute approximate surface area is 368 Å². The molecule has 2 aromatic carbocycles. The SMILES string of the molecule is COc1cc(OC)c(Cl)c(-c2cc3cnc(SC)nc3c(C3CC3)n2)c1Cl.COc1cc(OC)c(Cl)c(-c2cc3cnc(SC)nc3c(Cl)n2)c1Cl.OB(O)C1CC1. The average molecular weight is 925 g/mol. The van der Waals surface area contributed by atoms with Crippen molar-refractivity contribution in [1.29, 1.82) is 0 Å². The van der Waals surface area contributed by atoms with E-state index in [1.807, 2.05) is 24.8 Å². The number of hydrogen-bond acceptors (Lipinski definition) is 14. The van der Waals surface area contributed by atoms with E-state index in [2.05, 4.69) is 24.9 Å². The molecule has 304 valence electrons. The summed E-state index contributed by atoms with van der Waals surface area (Å²) in [6, 6.07) is 6.98. The van der Waals surface area contributed by atoms with E-state index < -0.39 is 7.12 Å². The van der Waals surface area contributed by atoms with Gasteiger partial charge in [0.25, 0.3) is 0 Å². The van der Waals surface area contributed by atoms with Crippen LogP contribution in [0.4, 0.5) is 0 Å². The zero-order chi connectivity index (χ0) is 41.8. The van der Waals surface area contributed by atoms with Crippen LogP contribution in [0.2, 0.25) is 31.1 Å². The average Bonchev–Trinajstić information content (AvgIpc) is 4.16. The van der Waals surface area contributed by atoms with Crippen LogP contribution < -0.4 is 18.9 Å². The molecule has 0 amide bonds. The van der Waals surface area contributed by atoms with Crippen molar-refractivity contribution in [2.24, 2.45) is 0 Å². The number of aromatic nitrogens is 6. The first-order chi connectivity index (χ1) is 27.9. The van der Waals surface area contributed by atoms with Crippen LogP contribution in [-0.4, -0.2) is 88.0 Å². The Hall–Kier alpha value is -3.25. The Morgan fingerprint density at radius 3 is 1.36 bits per heavy atom. The lowest BCUT2D eigenvalue weighted by Gasteiger charge is -2.15. The second-order valence-corrected chi connectivity index (χ2v) is 16.3. The first-order valence-electron chi connectivity index (χ1n) is 17.5. The van der Waals surface area contributed by atoms with Crippen molar-refractivity contribution in [3.8, 4) is 45.5 Å². The summed E-state index contributed by atoms with van der Waals surface area (Å²) in [6.07, 6.45) is 11.6. The van der Waals surface area contributed by atoms with Gasteiger partial charge < -0.3 is 29.0 Å². The quantitative estimate of drug-likeness (QED) is 0.0579. The molecule has 12 nitrogen and oxygen atoms in total. The minimum atomic E-state index is -1.04. The Morgan fingerprint density at radius 1 is 0.586 bits per heavy atom. The van der Waals surface area contributed by atoms with Crippen LogP contribution in [-0.2, 0) is 0 Å². The third-order valence-electron chi connectivity index (χ3n) is 9.10. The van der Waals surface area contributed by atoms with Gasteiger partial charge in [-0.25, -0.2) is 24.9 Å². The van der Waals surface area contributed by atoms with E-state index in [1.165, 1.54) is 37.7 Å². The number of hydrogen-bond donors (Lipinski definition) is 2. The van der Waals surface area contributed by atoms with E-state index in [4.69, 9.17) is 92.0 Å². The molecule has 0 aliphatic heterocycles. The summed E-state index contributed by atoms with van der Waals surface area (Å²) in [5.74, 6) is 2.43. The number of halogens is 5. The smallest absolute Gasteiger partial charge is 0.454 e. The fraction of sp³-hybridized carbons (Fsp3) is 0.316. The van der Waals surface area contributed by atoms with E-state index in [0.29, 0.717) is 82.2 Å². The molecule has 2 fully saturated rings. The number of pyridine rings is 2. The van der Waals surface area contributed by atoms with Crippen molar-refractivity contribution in [1.82, 2.24) is 29.9 Å². The number of methoxy groups -OCH3 is 4. The van der Waals surface area contributed by atoms with Crippen LogP contribution in [0.3, 0.4) is 0 Å². The molecule has 2 N–H and O–H groups in total. The van der Waals surface area contributed by atoms with Gasteiger partial charge in [0.05, 0.1) is 71.1 Å². The maximum absolute atomic E-state index is 8.25. The van der Waals surface area contributed by atoms with Crippen molar-refractivity contribution in [3.05, 3.63) is 67.6 Å². The Morgan fingerprint density at radius 2 is 1.00 bits per heavy atom. The van der Waals surface area contributed by atoms with E-state index in [0.717, 1.165) is 52.8 Å². The van der Waals surface area contributed by atoms with Gasteiger partial charge in [0, 0.05) is 52.3 Å². The van der Waals surface area contributed by atoms with Crippen molar-refractivity contribution >= 4 is 110 Å². The molecular formula is C38H36BCl5N6O6S2. The molecule has 4 aromatic heterocycles. The van der Waals surface area contributed by atoms with E-state index in [-0.39, 0.29) is 11.0 Å². The molecule has 58 heavy (non-hydrogen) atoms. The lowest BCUT2D eigenvalue weighted by atomic mass is 9.84. The second-order valence-electron chi connectivity index (χ2n) is 12.9. The minimum absolute atomic E-state index is 0.213. The molecule has 0 spiro atoms. The van der Waals surface area contributed by atoms with Crippen molar-refractivity contribution in [3.63, 3.8) is 0 Å². The number of fused-ring (bicyclic) bond motifs is 2. The highest BCUT2D eigenvalue weighted by Crippen LogP contribution is 2.49. The molecule has 8 rings (SSSR count). The number of nitrogens with zero attached hydrogens (tertiary/aromatic N) is 6. The van der Waals surface area contributed by atoms with Crippen LogP contribution >= 0.6 is 81.5 Å². The van der Waals surface area contributed by atoms with Gasteiger partial charge in [0.2, 0.25) is 0 Å². The van der Waals surface area contributed by atoms with Crippen LogP contribution in [0, 0.1) is 0 Å². The van der Waals surface area contributed by atoms with Gasteiger partial charge >= 0.3 is 7.12 Å². The molecule has 0 saturated heterocycles. The highest BCUT2D eigenvalue weighted by Gasteiger charge is 2.33.